The molecule has 3 atom stereocenters. The molecule has 0 saturated carbocycles. The van der Waals surface area contributed by atoms with Crippen molar-refractivity contribution in [1.82, 2.24) is 0 Å². The van der Waals surface area contributed by atoms with Gasteiger partial charge in [-0.05, 0) is 79.9 Å². The third-order valence-corrected chi connectivity index (χ3v) is 7.73. The zero-order chi connectivity index (χ0) is 25.4. The molecule has 4 aliphatic carbocycles. The van der Waals surface area contributed by atoms with Gasteiger partial charge >= 0.3 is 0 Å². The second-order valence-corrected chi connectivity index (χ2v) is 10.7. The molecule has 0 saturated heterocycles. The second kappa shape index (κ2) is 9.87. The van der Waals surface area contributed by atoms with Gasteiger partial charge in [0.25, 0.3) is 0 Å². The van der Waals surface area contributed by atoms with E-state index in [1.54, 1.807) is 0 Å². The largest absolute Gasteiger partial charge is 0.0801 e. The van der Waals surface area contributed by atoms with Gasteiger partial charge in [-0.2, -0.15) is 0 Å². The number of allylic oxidation sites excluding steroid dienone is 16. The van der Waals surface area contributed by atoms with Crippen molar-refractivity contribution in [3.63, 3.8) is 0 Å². The van der Waals surface area contributed by atoms with Crippen molar-refractivity contribution < 1.29 is 0 Å². The minimum atomic E-state index is 0.300. The fourth-order valence-corrected chi connectivity index (χ4v) is 5.96. The third kappa shape index (κ3) is 4.53. The highest BCUT2D eigenvalue weighted by Gasteiger charge is 2.26. The maximum atomic E-state index is 2.50. The SMILES string of the molecule is CC1C=C(C2=CC(C)C=Cc3ccccc32)C2=C(CC=CC=C2)C(C2=CC(C)C=Cc3ccccc32)=C1. The summed E-state index contributed by atoms with van der Waals surface area (Å²) in [7, 11) is 0. The van der Waals surface area contributed by atoms with Crippen LogP contribution in [0.2, 0.25) is 0 Å². The third-order valence-electron chi connectivity index (χ3n) is 7.73. The quantitative estimate of drug-likeness (QED) is 0.403. The molecule has 4 aliphatic rings. The summed E-state index contributed by atoms with van der Waals surface area (Å²) in [5.41, 5.74) is 13.4. The lowest BCUT2D eigenvalue weighted by atomic mass is 9.82. The van der Waals surface area contributed by atoms with E-state index in [-0.39, 0.29) is 0 Å². The van der Waals surface area contributed by atoms with Crippen LogP contribution < -0.4 is 0 Å². The fourth-order valence-electron chi connectivity index (χ4n) is 5.96. The molecule has 0 fully saturated rings. The summed E-state index contributed by atoms with van der Waals surface area (Å²) >= 11 is 0. The molecule has 3 unspecified atom stereocenters. The van der Waals surface area contributed by atoms with Gasteiger partial charge in [0.05, 0.1) is 0 Å². The molecule has 0 N–H and O–H groups in total. The molecule has 0 heterocycles. The van der Waals surface area contributed by atoms with Crippen LogP contribution in [0.4, 0.5) is 0 Å². The molecular formula is C37H34. The van der Waals surface area contributed by atoms with Gasteiger partial charge in [0.15, 0.2) is 0 Å². The highest BCUT2D eigenvalue weighted by Crippen LogP contribution is 2.45. The Morgan fingerprint density at radius 3 is 1.73 bits per heavy atom. The molecule has 37 heavy (non-hydrogen) atoms. The summed E-state index contributed by atoms with van der Waals surface area (Å²) < 4.78 is 0. The normalized spacial score (nSPS) is 24.4. The van der Waals surface area contributed by atoms with Gasteiger partial charge in [0, 0.05) is 0 Å². The van der Waals surface area contributed by atoms with Crippen molar-refractivity contribution in [2.75, 3.05) is 0 Å². The lowest BCUT2D eigenvalue weighted by Crippen LogP contribution is -2.02. The highest BCUT2D eigenvalue weighted by molar-refractivity contribution is 5.94. The molecular weight excluding hydrogens is 444 g/mol. The average Bonchev–Trinajstić information content (AvgIpc) is 3.36. The minimum Gasteiger partial charge on any atom is -0.0801 e. The van der Waals surface area contributed by atoms with Crippen molar-refractivity contribution in [1.29, 1.82) is 0 Å². The van der Waals surface area contributed by atoms with E-state index < -0.39 is 0 Å². The summed E-state index contributed by atoms with van der Waals surface area (Å²) in [6.07, 6.45) is 29.1. The maximum absolute atomic E-state index is 2.50. The molecule has 182 valence electrons. The van der Waals surface area contributed by atoms with Crippen LogP contribution in [0, 0.1) is 17.8 Å². The van der Waals surface area contributed by atoms with Crippen molar-refractivity contribution in [2.24, 2.45) is 17.8 Å². The molecule has 6 rings (SSSR count). The van der Waals surface area contributed by atoms with Gasteiger partial charge in [-0.1, -0.05) is 142 Å². The Morgan fingerprint density at radius 2 is 1.08 bits per heavy atom. The van der Waals surface area contributed by atoms with Crippen LogP contribution in [0.5, 0.6) is 0 Å². The van der Waals surface area contributed by atoms with Crippen LogP contribution in [-0.2, 0) is 0 Å². The van der Waals surface area contributed by atoms with Gasteiger partial charge < -0.3 is 0 Å². The van der Waals surface area contributed by atoms with Gasteiger partial charge in [0.1, 0.15) is 0 Å². The van der Waals surface area contributed by atoms with E-state index in [9.17, 15) is 0 Å². The van der Waals surface area contributed by atoms with Crippen molar-refractivity contribution in [3.05, 3.63) is 154 Å². The highest BCUT2D eigenvalue weighted by atomic mass is 14.3. The molecule has 2 aromatic rings. The first-order valence-electron chi connectivity index (χ1n) is 13.6. The molecule has 0 bridgehead atoms. The van der Waals surface area contributed by atoms with Gasteiger partial charge in [-0.3, -0.25) is 0 Å². The standard InChI is InChI=1S/C37H34/c1-25-17-19-28-11-7-9-13-30(28)34(21-25)36-23-27(3)24-37(33-16-6-4-5-15-32(33)36)35-22-26(2)18-20-29-12-8-10-14-31(29)35/h4-15,17-27H,16H2,1-3H3. The zero-order valence-electron chi connectivity index (χ0n) is 22.0. The molecule has 0 heteroatoms. The Kier molecular flexibility index (Phi) is 6.26. The number of hydrogen-bond donors (Lipinski definition) is 0. The predicted molar refractivity (Wildman–Crippen MR) is 160 cm³/mol. The van der Waals surface area contributed by atoms with E-state index in [4.69, 9.17) is 0 Å². The zero-order valence-corrected chi connectivity index (χ0v) is 22.0. The van der Waals surface area contributed by atoms with Crippen LogP contribution in [0.3, 0.4) is 0 Å². The maximum Gasteiger partial charge on any atom is -0.00631 e. The van der Waals surface area contributed by atoms with Crippen molar-refractivity contribution >= 4 is 23.3 Å². The smallest absolute Gasteiger partial charge is 0.00631 e. The van der Waals surface area contributed by atoms with Crippen LogP contribution in [0.15, 0.2) is 132 Å². The topological polar surface area (TPSA) is 0 Å². The number of fused-ring (bicyclic) bond motifs is 2. The Bertz CT molecular complexity index is 1520. The van der Waals surface area contributed by atoms with Gasteiger partial charge in [-0.25, -0.2) is 0 Å². The second-order valence-electron chi connectivity index (χ2n) is 10.7. The Morgan fingerprint density at radius 1 is 0.541 bits per heavy atom. The number of rotatable bonds is 2. The lowest BCUT2D eigenvalue weighted by Gasteiger charge is -2.21. The fraction of sp³-hybridized carbons (Fsp3) is 0.189. The van der Waals surface area contributed by atoms with Crippen LogP contribution in [0.25, 0.3) is 23.3 Å². The van der Waals surface area contributed by atoms with Gasteiger partial charge in [0.2, 0.25) is 0 Å². The monoisotopic (exact) mass is 478 g/mol. The molecule has 0 spiro atoms. The molecule has 0 amide bonds. The first-order valence-corrected chi connectivity index (χ1v) is 13.6. The van der Waals surface area contributed by atoms with E-state index in [1.807, 2.05) is 0 Å². The molecule has 2 aromatic carbocycles. The number of hydrogen-bond acceptors (Lipinski definition) is 0. The number of benzene rings is 2. The van der Waals surface area contributed by atoms with Crippen molar-refractivity contribution in [3.8, 4) is 0 Å². The first kappa shape index (κ1) is 23.5. The summed E-state index contributed by atoms with van der Waals surface area (Å²) in [4.78, 5) is 0. The van der Waals surface area contributed by atoms with Gasteiger partial charge in [-0.15, -0.1) is 0 Å². The lowest BCUT2D eigenvalue weighted by molar-refractivity contribution is 0.925. The van der Waals surface area contributed by atoms with E-state index >= 15 is 0 Å². The van der Waals surface area contributed by atoms with Crippen LogP contribution in [-0.4, -0.2) is 0 Å². The van der Waals surface area contributed by atoms with Crippen molar-refractivity contribution in [2.45, 2.75) is 27.2 Å². The van der Waals surface area contributed by atoms with Crippen LogP contribution in [0.1, 0.15) is 49.4 Å². The average molecular weight is 479 g/mol. The Balaban J connectivity index is 1.58. The van der Waals surface area contributed by atoms with Crippen LogP contribution >= 0.6 is 0 Å². The van der Waals surface area contributed by atoms with E-state index in [0.29, 0.717) is 17.8 Å². The molecule has 0 aromatic heterocycles. The Labute approximate surface area is 221 Å². The summed E-state index contributed by atoms with van der Waals surface area (Å²) in [5, 5.41) is 0. The summed E-state index contributed by atoms with van der Waals surface area (Å²) in [6, 6.07) is 17.7. The summed E-state index contributed by atoms with van der Waals surface area (Å²) in [6.45, 7) is 6.91. The van der Waals surface area contributed by atoms with E-state index in [1.165, 1.54) is 55.7 Å². The predicted octanol–water partition coefficient (Wildman–Crippen LogP) is 9.79. The molecule has 0 nitrogen and oxygen atoms in total. The molecule has 0 aliphatic heterocycles. The van der Waals surface area contributed by atoms with E-state index in [0.717, 1.165) is 6.42 Å². The van der Waals surface area contributed by atoms with E-state index in [2.05, 4.69) is 142 Å². The molecule has 0 radical (unpaired) electrons. The summed E-state index contributed by atoms with van der Waals surface area (Å²) in [5.74, 6) is 1.04. The first-order chi connectivity index (χ1) is 18.1. The minimum absolute atomic E-state index is 0.300. The Hall–Kier alpha value is -3.90.